The molecule has 0 aliphatic carbocycles. The number of pyridine rings is 1. The third kappa shape index (κ3) is 3.64. The molecule has 2 aromatic heterocycles. The zero-order valence-electron chi connectivity index (χ0n) is 13.2. The van der Waals surface area contributed by atoms with Crippen molar-refractivity contribution in [3.63, 3.8) is 0 Å². The Hall–Kier alpha value is -1.80. The standard InChI is InChI=1S/C16H18N2O4S2/c1-23-15-14(5-2-7-17-15)16(19)18(10-13-4-3-8-22-13)12-6-9-24(20,21)11-12/h2-5,7-8,12H,6,9-11H2,1H3/t12-/m1/s1. The molecular formula is C16H18N2O4S2. The fourth-order valence-electron chi connectivity index (χ4n) is 2.83. The first-order valence-electron chi connectivity index (χ1n) is 7.53. The normalized spacial score (nSPS) is 19.3. The summed E-state index contributed by atoms with van der Waals surface area (Å²) in [5.41, 5.74) is 0.487. The largest absolute Gasteiger partial charge is 0.467 e. The molecule has 0 unspecified atom stereocenters. The van der Waals surface area contributed by atoms with Crippen LogP contribution in [0.15, 0.2) is 46.2 Å². The van der Waals surface area contributed by atoms with Crippen molar-refractivity contribution in [3.8, 4) is 0 Å². The molecule has 0 spiro atoms. The summed E-state index contributed by atoms with van der Waals surface area (Å²) in [5, 5.41) is 0.632. The van der Waals surface area contributed by atoms with Crippen molar-refractivity contribution in [1.82, 2.24) is 9.88 Å². The molecule has 3 heterocycles. The number of amides is 1. The van der Waals surface area contributed by atoms with Crippen LogP contribution in [-0.2, 0) is 16.4 Å². The molecule has 1 aliphatic rings. The average molecular weight is 366 g/mol. The molecule has 24 heavy (non-hydrogen) atoms. The lowest BCUT2D eigenvalue weighted by Crippen LogP contribution is -2.40. The Bertz CT molecular complexity index is 818. The van der Waals surface area contributed by atoms with Crippen LogP contribution in [0, 0.1) is 0 Å². The van der Waals surface area contributed by atoms with Gasteiger partial charge in [0.15, 0.2) is 9.84 Å². The number of carbonyl (C=O) groups excluding carboxylic acids is 1. The number of nitrogens with zero attached hydrogens (tertiary/aromatic N) is 2. The van der Waals surface area contributed by atoms with Crippen molar-refractivity contribution >= 4 is 27.5 Å². The highest BCUT2D eigenvalue weighted by molar-refractivity contribution is 7.98. The highest BCUT2D eigenvalue weighted by Crippen LogP contribution is 2.25. The van der Waals surface area contributed by atoms with Crippen molar-refractivity contribution in [2.24, 2.45) is 0 Å². The minimum absolute atomic E-state index is 0.00564. The Balaban J connectivity index is 1.93. The van der Waals surface area contributed by atoms with Crippen LogP contribution in [0.1, 0.15) is 22.5 Å². The van der Waals surface area contributed by atoms with Crippen molar-refractivity contribution in [2.75, 3.05) is 17.8 Å². The minimum Gasteiger partial charge on any atom is -0.467 e. The van der Waals surface area contributed by atoms with Crippen LogP contribution in [0.4, 0.5) is 0 Å². The van der Waals surface area contributed by atoms with E-state index in [1.807, 2.05) is 6.26 Å². The van der Waals surface area contributed by atoms with Crippen LogP contribution in [0.5, 0.6) is 0 Å². The lowest BCUT2D eigenvalue weighted by Gasteiger charge is -2.28. The lowest BCUT2D eigenvalue weighted by atomic mass is 10.1. The molecule has 0 aromatic carbocycles. The molecular weight excluding hydrogens is 348 g/mol. The van der Waals surface area contributed by atoms with Gasteiger partial charge < -0.3 is 9.32 Å². The summed E-state index contributed by atoms with van der Waals surface area (Å²) in [5.74, 6) is 0.518. The van der Waals surface area contributed by atoms with E-state index in [1.165, 1.54) is 11.8 Å². The summed E-state index contributed by atoms with van der Waals surface area (Å²) < 4.78 is 29.1. The van der Waals surface area contributed by atoms with Crippen LogP contribution >= 0.6 is 11.8 Å². The van der Waals surface area contributed by atoms with Gasteiger partial charge in [0.2, 0.25) is 0 Å². The Labute approximate surface area is 145 Å². The molecule has 1 saturated heterocycles. The van der Waals surface area contributed by atoms with E-state index in [1.54, 1.807) is 41.6 Å². The first-order valence-corrected chi connectivity index (χ1v) is 10.6. The molecule has 0 saturated carbocycles. The molecule has 0 radical (unpaired) electrons. The van der Waals surface area contributed by atoms with Gasteiger partial charge >= 0.3 is 0 Å². The van der Waals surface area contributed by atoms with Crippen LogP contribution in [0.3, 0.4) is 0 Å². The van der Waals surface area contributed by atoms with Gasteiger partial charge in [-0.25, -0.2) is 13.4 Å². The predicted octanol–water partition coefficient (Wildman–Crippen LogP) is 2.23. The highest BCUT2D eigenvalue weighted by atomic mass is 32.2. The maximum absolute atomic E-state index is 13.1. The number of hydrogen-bond donors (Lipinski definition) is 0. The van der Waals surface area contributed by atoms with E-state index in [9.17, 15) is 13.2 Å². The number of hydrogen-bond acceptors (Lipinski definition) is 6. The molecule has 6 nitrogen and oxygen atoms in total. The van der Waals surface area contributed by atoms with Gasteiger partial charge in [-0.1, -0.05) is 0 Å². The predicted molar refractivity (Wildman–Crippen MR) is 91.7 cm³/mol. The first-order chi connectivity index (χ1) is 11.5. The van der Waals surface area contributed by atoms with E-state index >= 15 is 0 Å². The summed E-state index contributed by atoms with van der Waals surface area (Å²) in [6.45, 7) is 0.245. The summed E-state index contributed by atoms with van der Waals surface area (Å²) in [7, 11) is -3.10. The van der Waals surface area contributed by atoms with Gasteiger partial charge in [0.05, 0.1) is 29.9 Å². The minimum atomic E-state index is -3.10. The first kappa shape index (κ1) is 17.0. The van der Waals surface area contributed by atoms with E-state index < -0.39 is 9.84 Å². The molecule has 1 amide bonds. The molecule has 3 rings (SSSR count). The smallest absolute Gasteiger partial charge is 0.257 e. The summed E-state index contributed by atoms with van der Waals surface area (Å²) in [6, 6.07) is 6.62. The second-order valence-electron chi connectivity index (χ2n) is 5.63. The molecule has 2 aromatic rings. The lowest BCUT2D eigenvalue weighted by molar-refractivity contribution is 0.0661. The van der Waals surface area contributed by atoms with Crippen molar-refractivity contribution < 1.29 is 17.6 Å². The Morgan fingerprint density at radius 2 is 2.25 bits per heavy atom. The Morgan fingerprint density at radius 3 is 2.88 bits per heavy atom. The monoisotopic (exact) mass is 366 g/mol. The molecule has 1 atom stereocenters. The fourth-order valence-corrected chi connectivity index (χ4v) is 5.10. The van der Waals surface area contributed by atoms with Crippen LogP contribution in [0.2, 0.25) is 0 Å². The second-order valence-corrected chi connectivity index (χ2v) is 8.65. The van der Waals surface area contributed by atoms with Gasteiger partial charge in [0, 0.05) is 12.2 Å². The average Bonchev–Trinajstić information content (AvgIpc) is 3.21. The summed E-state index contributed by atoms with van der Waals surface area (Å²) >= 11 is 1.39. The van der Waals surface area contributed by atoms with Crippen LogP contribution < -0.4 is 0 Å². The molecule has 0 N–H and O–H groups in total. The van der Waals surface area contributed by atoms with E-state index in [0.29, 0.717) is 22.8 Å². The molecule has 1 fully saturated rings. The van der Waals surface area contributed by atoms with Crippen LogP contribution in [-0.4, -0.2) is 48.0 Å². The van der Waals surface area contributed by atoms with E-state index in [4.69, 9.17) is 4.42 Å². The number of thioether (sulfide) groups is 1. The zero-order chi connectivity index (χ0) is 17.2. The van der Waals surface area contributed by atoms with Gasteiger partial charge in [0.25, 0.3) is 5.91 Å². The van der Waals surface area contributed by atoms with E-state index in [0.717, 1.165) is 0 Å². The number of aromatic nitrogens is 1. The highest BCUT2D eigenvalue weighted by Gasteiger charge is 2.36. The van der Waals surface area contributed by atoms with Crippen molar-refractivity contribution in [2.45, 2.75) is 24.0 Å². The van der Waals surface area contributed by atoms with Crippen molar-refractivity contribution in [1.29, 1.82) is 0 Å². The van der Waals surface area contributed by atoms with Gasteiger partial charge in [-0.3, -0.25) is 4.79 Å². The van der Waals surface area contributed by atoms with Gasteiger partial charge in [0.1, 0.15) is 10.8 Å². The second kappa shape index (κ2) is 6.98. The maximum Gasteiger partial charge on any atom is 0.257 e. The molecule has 1 aliphatic heterocycles. The number of sulfone groups is 1. The van der Waals surface area contributed by atoms with Crippen molar-refractivity contribution in [3.05, 3.63) is 48.0 Å². The number of furan rings is 1. The SMILES string of the molecule is CSc1ncccc1C(=O)N(Cc1ccco1)[C@@H]1CCS(=O)(=O)C1. The van der Waals surface area contributed by atoms with Crippen LogP contribution in [0.25, 0.3) is 0 Å². The summed E-state index contributed by atoms with van der Waals surface area (Å²) in [4.78, 5) is 18.9. The molecule has 128 valence electrons. The Morgan fingerprint density at radius 1 is 1.42 bits per heavy atom. The third-order valence-electron chi connectivity index (χ3n) is 4.01. The maximum atomic E-state index is 13.1. The van der Waals surface area contributed by atoms with Gasteiger partial charge in [-0.15, -0.1) is 11.8 Å². The van der Waals surface area contributed by atoms with E-state index in [2.05, 4.69) is 4.98 Å². The Kier molecular flexibility index (Phi) is 4.96. The van der Waals surface area contributed by atoms with Gasteiger partial charge in [-0.05, 0) is 36.9 Å². The number of rotatable bonds is 5. The molecule has 8 heteroatoms. The topological polar surface area (TPSA) is 80.5 Å². The summed E-state index contributed by atoms with van der Waals surface area (Å²) in [6.07, 6.45) is 5.49. The quantitative estimate of drug-likeness (QED) is 0.755. The molecule has 0 bridgehead atoms. The fraction of sp³-hybridized carbons (Fsp3) is 0.375. The number of carbonyl (C=O) groups is 1. The third-order valence-corrected chi connectivity index (χ3v) is 6.47. The zero-order valence-corrected chi connectivity index (χ0v) is 14.8. The van der Waals surface area contributed by atoms with E-state index in [-0.39, 0.29) is 30.0 Å². The van der Waals surface area contributed by atoms with Gasteiger partial charge in [-0.2, -0.15) is 0 Å².